The van der Waals surface area contributed by atoms with E-state index in [2.05, 4.69) is 11.9 Å². The van der Waals surface area contributed by atoms with E-state index in [0.717, 1.165) is 11.1 Å². The molecule has 0 aliphatic carbocycles. The van der Waals surface area contributed by atoms with Gasteiger partial charge in [0.05, 0.1) is 0 Å². The van der Waals surface area contributed by atoms with Gasteiger partial charge in [0.25, 0.3) is 0 Å². The van der Waals surface area contributed by atoms with E-state index in [-0.39, 0.29) is 5.78 Å². The molecule has 1 aromatic heterocycles. The lowest BCUT2D eigenvalue weighted by molar-refractivity contribution is -0.116. The van der Waals surface area contributed by atoms with E-state index in [0.29, 0.717) is 6.42 Å². The fourth-order valence-corrected chi connectivity index (χ4v) is 1.86. The summed E-state index contributed by atoms with van der Waals surface area (Å²) in [5, 5.41) is 1.20. The number of ketones is 1. The minimum atomic E-state index is 0.207. The fourth-order valence-electron chi connectivity index (χ4n) is 1.86. The molecule has 2 rings (SSSR count). The molecule has 0 unspecified atom stereocenters. The number of H-pyrrole nitrogens is 1. The first kappa shape index (κ1) is 9.00. The number of Topliss-reactive ketones (excluding diaryl/α,β-unsaturated/α-hetero) is 1. The summed E-state index contributed by atoms with van der Waals surface area (Å²) in [6.45, 7) is 3.68. The van der Waals surface area contributed by atoms with Crippen LogP contribution in [0.5, 0.6) is 0 Å². The Balaban J connectivity index is 2.63. The van der Waals surface area contributed by atoms with Crippen molar-refractivity contribution in [2.45, 2.75) is 20.3 Å². The number of carbonyl (C=O) groups excluding carboxylic acids is 1. The van der Waals surface area contributed by atoms with Gasteiger partial charge in [0.15, 0.2) is 0 Å². The summed E-state index contributed by atoms with van der Waals surface area (Å²) in [6, 6.07) is 6.03. The number of hydrogen-bond acceptors (Lipinski definition) is 1. The highest BCUT2D eigenvalue weighted by Gasteiger charge is 2.06. The first-order valence-corrected chi connectivity index (χ1v) is 4.73. The zero-order chi connectivity index (χ0) is 10.1. The van der Waals surface area contributed by atoms with Crippen molar-refractivity contribution in [3.05, 3.63) is 35.5 Å². The lowest BCUT2D eigenvalue weighted by Crippen LogP contribution is -1.96. The maximum absolute atomic E-state index is 11.1. The molecule has 2 aromatic rings. The van der Waals surface area contributed by atoms with Crippen LogP contribution in [-0.2, 0) is 11.2 Å². The molecule has 0 bridgehead atoms. The summed E-state index contributed by atoms with van der Waals surface area (Å²) in [7, 11) is 0. The molecular formula is C12H13NO. The molecule has 0 fully saturated rings. The van der Waals surface area contributed by atoms with Crippen molar-refractivity contribution in [3.8, 4) is 0 Å². The van der Waals surface area contributed by atoms with Gasteiger partial charge in [-0.2, -0.15) is 0 Å². The molecule has 0 saturated heterocycles. The summed E-state index contributed by atoms with van der Waals surface area (Å²) in [6.07, 6.45) is 2.50. The minimum Gasteiger partial charge on any atom is -0.361 e. The van der Waals surface area contributed by atoms with E-state index < -0.39 is 0 Å². The molecule has 0 saturated carbocycles. The molecule has 0 atom stereocenters. The minimum absolute atomic E-state index is 0.207. The summed E-state index contributed by atoms with van der Waals surface area (Å²) in [5.74, 6) is 0.207. The van der Waals surface area contributed by atoms with Gasteiger partial charge in [0, 0.05) is 23.5 Å². The van der Waals surface area contributed by atoms with Crippen LogP contribution in [0.15, 0.2) is 24.4 Å². The number of nitrogens with one attached hydrogen (secondary N) is 1. The Morgan fingerprint density at radius 2 is 2.21 bits per heavy atom. The van der Waals surface area contributed by atoms with Gasteiger partial charge in [-0.1, -0.05) is 12.1 Å². The van der Waals surface area contributed by atoms with Crippen LogP contribution < -0.4 is 0 Å². The molecule has 14 heavy (non-hydrogen) atoms. The van der Waals surface area contributed by atoms with E-state index in [1.807, 2.05) is 24.4 Å². The summed E-state index contributed by atoms with van der Waals surface area (Å²) >= 11 is 0. The molecule has 0 aliphatic heterocycles. The van der Waals surface area contributed by atoms with E-state index in [1.165, 1.54) is 10.9 Å². The smallest absolute Gasteiger partial charge is 0.134 e. The normalized spacial score (nSPS) is 10.7. The van der Waals surface area contributed by atoms with Crippen molar-refractivity contribution in [2.75, 3.05) is 0 Å². The second-order valence-electron chi connectivity index (χ2n) is 3.69. The highest BCUT2D eigenvalue weighted by molar-refractivity contribution is 5.90. The Kier molecular flexibility index (Phi) is 2.12. The third-order valence-corrected chi connectivity index (χ3v) is 2.43. The highest BCUT2D eigenvalue weighted by Crippen LogP contribution is 2.22. The zero-order valence-electron chi connectivity index (χ0n) is 8.42. The fraction of sp³-hybridized carbons (Fsp3) is 0.250. The Bertz CT molecular complexity index is 482. The maximum atomic E-state index is 11.1. The van der Waals surface area contributed by atoms with Crippen molar-refractivity contribution >= 4 is 16.7 Å². The van der Waals surface area contributed by atoms with Gasteiger partial charge in [0.1, 0.15) is 5.78 Å². The third-order valence-electron chi connectivity index (χ3n) is 2.43. The van der Waals surface area contributed by atoms with Gasteiger partial charge in [-0.15, -0.1) is 0 Å². The summed E-state index contributed by atoms with van der Waals surface area (Å²) in [5.41, 5.74) is 3.44. The Morgan fingerprint density at radius 3 is 2.93 bits per heavy atom. The van der Waals surface area contributed by atoms with E-state index >= 15 is 0 Å². The van der Waals surface area contributed by atoms with Crippen LogP contribution in [0.2, 0.25) is 0 Å². The number of fused-ring (bicyclic) bond motifs is 1. The summed E-state index contributed by atoms with van der Waals surface area (Å²) in [4.78, 5) is 14.3. The second kappa shape index (κ2) is 3.29. The molecule has 2 heteroatoms. The maximum Gasteiger partial charge on any atom is 0.134 e. The van der Waals surface area contributed by atoms with Crippen molar-refractivity contribution in [1.82, 2.24) is 4.98 Å². The average molecular weight is 187 g/mol. The molecule has 0 amide bonds. The first-order chi connectivity index (χ1) is 6.68. The highest BCUT2D eigenvalue weighted by atomic mass is 16.1. The molecule has 72 valence electrons. The number of rotatable bonds is 2. The van der Waals surface area contributed by atoms with Crippen LogP contribution >= 0.6 is 0 Å². The number of hydrogen-bond donors (Lipinski definition) is 1. The summed E-state index contributed by atoms with van der Waals surface area (Å²) < 4.78 is 0. The van der Waals surface area contributed by atoms with Crippen LogP contribution in [0.25, 0.3) is 10.9 Å². The van der Waals surface area contributed by atoms with Gasteiger partial charge in [-0.3, -0.25) is 4.79 Å². The van der Waals surface area contributed by atoms with Gasteiger partial charge < -0.3 is 4.98 Å². The predicted octanol–water partition coefficient (Wildman–Crippen LogP) is 2.61. The number of aromatic nitrogens is 1. The van der Waals surface area contributed by atoms with Crippen molar-refractivity contribution in [2.24, 2.45) is 0 Å². The number of aryl methyl sites for hydroxylation is 1. The van der Waals surface area contributed by atoms with Crippen LogP contribution in [0.3, 0.4) is 0 Å². The Labute approximate surface area is 82.9 Å². The van der Waals surface area contributed by atoms with Gasteiger partial charge in [-0.05, 0) is 31.0 Å². The van der Waals surface area contributed by atoms with Crippen LogP contribution in [0, 0.1) is 6.92 Å². The van der Waals surface area contributed by atoms with Crippen LogP contribution in [0.1, 0.15) is 18.1 Å². The van der Waals surface area contributed by atoms with Gasteiger partial charge in [0.2, 0.25) is 0 Å². The first-order valence-electron chi connectivity index (χ1n) is 4.73. The molecule has 0 aliphatic rings. The molecular weight excluding hydrogens is 174 g/mol. The van der Waals surface area contributed by atoms with E-state index in [9.17, 15) is 4.79 Å². The topological polar surface area (TPSA) is 32.9 Å². The molecule has 2 nitrogen and oxygen atoms in total. The predicted molar refractivity (Wildman–Crippen MR) is 57.4 cm³/mol. The molecule has 1 N–H and O–H groups in total. The molecule has 1 aromatic carbocycles. The monoisotopic (exact) mass is 187 g/mol. The quantitative estimate of drug-likeness (QED) is 0.770. The molecule has 0 spiro atoms. The SMILES string of the molecule is CC(=O)Cc1cccc2[nH]cc(C)c12. The third kappa shape index (κ3) is 1.43. The van der Waals surface area contributed by atoms with Crippen LogP contribution in [0.4, 0.5) is 0 Å². The van der Waals surface area contributed by atoms with Crippen LogP contribution in [-0.4, -0.2) is 10.8 Å². The number of carbonyl (C=O) groups is 1. The Morgan fingerprint density at radius 1 is 1.43 bits per heavy atom. The number of aromatic amines is 1. The molecule has 1 heterocycles. The van der Waals surface area contributed by atoms with Crippen molar-refractivity contribution in [3.63, 3.8) is 0 Å². The van der Waals surface area contributed by atoms with Crippen molar-refractivity contribution in [1.29, 1.82) is 0 Å². The lowest BCUT2D eigenvalue weighted by Gasteiger charge is -2.01. The largest absolute Gasteiger partial charge is 0.361 e. The number of benzene rings is 1. The second-order valence-corrected chi connectivity index (χ2v) is 3.69. The Hall–Kier alpha value is -1.57. The zero-order valence-corrected chi connectivity index (χ0v) is 8.42. The van der Waals surface area contributed by atoms with E-state index in [4.69, 9.17) is 0 Å². The molecule has 0 radical (unpaired) electrons. The van der Waals surface area contributed by atoms with Gasteiger partial charge >= 0.3 is 0 Å². The lowest BCUT2D eigenvalue weighted by atomic mass is 10.0. The average Bonchev–Trinajstić information content (AvgIpc) is 2.48. The van der Waals surface area contributed by atoms with Gasteiger partial charge in [-0.25, -0.2) is 0 Å². The van der Waals surface area contributed by atoms with Crippen molar-refractivity contribution < 1.29 is 4.79 Å². The van der Waals surface area contributed by atoms with E-state index in [1.54, 1.807) is 6.92 Å². The standard InChI is InChI=1S/C12H13NO/c1-8-7-13-11-5-3-4-10(12(8)11)6-9(2)14/h3-5,7,13H,6H2,1-2H3.